The van der Waals surface area contributed by atoms with E-state index in [4.69, 9.17) is 14.2 Å². The molecule has 0 rings (SSSR count). The highest BCUT2D eigenvalue weighted by Gasteiger charge is 2.35. The third-order valence-electron chi connectivity index (χ3n) is 15.6. The topological polar surface area (TPSA) is 96.0 Å². The van der Waals surface area contributed by atoms with E-state index in [1.807, 2.05) is 0 Å². The Kier molecular flexibility index (Phi) is 58.7. The number of ketones is 1. The van der Waals surface area contributed by atoms with Crippen LogP contribution in [0.15, 0.2) is 0 Å². The molecule has 0 aromatic carbocycles. The Morgan fingerprint density at radius 1 is 0.284 bits per heavy atom. The van der Waals surface area contributed by atoms with Gasteiger partial charge in [-0.2, -0.15) is 0 Å². The Morgan fingerprint density at radius 2 is 0.500 bits per heavy atom. The van der Waals surface area contributed by atoms with E-state index in [0.29, 0.717) is 19.3 Å². The van der Waals surface area contributed by atoms with Crippen molar-refractivity contribution in [2.75, 3.05) is 6.61 Å². The predicted octanol–water partition coefficient (Wildman–Crippen LogP) is 21.8. The summed E-state index contributed by atoms with van der Waals surface area (Å²) in [5.41, 5.74) is 0. The monoisotopic (exact) mass is 1050 g/mol. The van der Waals surface area contributed by atoms with E-state index in [-0.39, 0.29) is 44.0 Å². The number of unbranched alkanes of at least 4 members (excludes halogenated alkanes) is 48. The first-order chi connectivity index (χ1) is 36.4. The van der Waals surface area contributed by atoms with Crippen molar-refractivity contribution in [2.45, 2.75) is 399 Å². The lowest BCUT2D eigenvalue weighted by atomic mass is 10.0. The van der Waals surface area contributed by atoms with Gasteiger partial charge in [0.15, 0.2) is 18.0 Å². The zero-order valence-electron chi connectivity index (χ0n) is 50.3. The number of rotatable bonds is 62. The van der Waals surface area contributed by atoms with Crippen LogP contribution in [0.1, 0.15) is 387 Å². The molecule has 0 aromatic rings. The second kappa shape index (κ2) is 60.3. The summed E-state index contributed by atoms with van der Waals surface area (Å²) in [4.78, 5) is 54.3. The highest BCUT2D eigenvalue weighted by Crippen LogP contribution is 2.21. The zero-order valence-corrected chi connectivity index (χ0v) is 50.3. The van der Waals surface area contributed by atoms with Gasteiger partial charge >= 0.3 is 17.9 Å². The summed E-state index contributed by atoms with van der Waals surface area (Å²) < 4.78 is 17.9. The van der Waals surface area contributed by atoms with E-state index in [1.165, 1.54) is 250 Å². The van der Waals surface area contributed by atoms with Crippen LogP contribution >= 0.6 is 0 Å². The molecular formula is C67H128O7. The zero-order chi connectivity index (χ0) is 53.9. The van der Waals surface area contributed by atoms with Gasteiger partial charge in [0.05, 0.1) is 0 Å². The number of Topliss-reactive ketones (excluding diaryl/α,β-unsaturated/α-hetero) is 1. The molecule has 0 aliphatic carbocycles. The lowest BCUT2D eigenvalue weighted by Crippen LogP contribution is -2.44. The summed E-state index contributed by atoms with van der Waals surface area (Å²) in [6.45, 7) is 8.79. The number of hydrogen-bond acceptors (Lipinski definition) is 7. The highest BCUT2D eigenvalue weighted by atomic mass is 16.6. The van der Waals surface area contributed by atoms with Crippen LogP contribution in [-0.2, 0) is 33.4 Å². The summed E-state index contributed by atoms with van der Waals surface area (Å²) in [7, 11) is 0. The van der Waals surface area contributed by atoms with Gasteiger partial charge in [-0.15, -0.1) is 0 Å². The summed E-state index contributed by atoms with van der Waals surface area (Å²) in [6, 6.07) is 0. The lowest BCUT2D eigenvalue weighted by Gasteiger charge is -2.26. The van der Waals surface area contributed by atoms with Gasteiger partial charge in [-0.25, -0.2) is 0 Å². The Labute approximate surface area is 461 Å². The van der Waals surface area contributed by atoms with Gasteiger partial charge in [0, 0.05) is 25.7 Å². The largest absolute Gasteiger partial charge is 0.462 e. The minimum absolute atomic E-state index is 0.221. The third-order valence-corrected chi connectivity index (χ3v) is 15.6. The van der Waals surface area contributed by atoms with Crippen molar-refractivity contribution in [3.05, 3.63) is 0 Å². The predicted molar refractivity (Wildman–Crippen MR) is 317 cm³/mol. The van der Waals surface area contributed by atoms with Crippen LogP contribution in [0.4, 0.5) is 0 Å². The minimum atomic E-state index is -1.28. The summed E-state index contributed by atoms with van der Waals surface area (Å²) in [5, 5.41) is 0. The SMILES string of the molecule is CCCCCCCCCCCCCCCC(=O)OCC(OC(=O)CCCCCCCCCCCCCCC)C(OC(=O)CCCCCCCCCCCCCCC)[14C](=O)CCCCCCCCCCCCCCC. The summed E-state index contributed by atoms with van der Waals surface area (Å²) >= 11 is 0. The molecule has 0 aliphatic rings. The molecule has 7 heteroatoms. The number of ether oxygens (including phenoxy) is 3. The average Bonchev–Trinajstić information content (AvgIpc) is 3.39. The highest BCUT2D eigenvalue weighted by molar-refractivity contribution is 5.86. The van der Waals surface area contributed by atoms with Crippen molar-refractivity contribution in [1.29, 1.82) is 0 Å². The van der Waals surface area contributed by atoms with Gasteiger partial charge in [-0.05, 0) is 25.7 Å². The molecule has 0 aliphatic heterocycles. The molecule has 7 nitrogen and oxygen atoms in total. The molecule has 0 amide bonds. The molecule has 2 unspecified atom stereocenters. The second-order valence-electron chi connectivity index (χ2n) is 23.1. The van der Waals surface area contributed by atoms with E-state index in [2.05, 4.69) is 27.7 Å². The first-order valence-electron chi connectivity index (χ1n) is 33.5. The molecular weight excluding hydrogens is 919 g/mol. The molecule has 0 fully saturated rings. The standard InChI is InChI=1S/C67H128O7/c1-5-9-13-17-21-25-29-33-37-41-45-49-53-57-62(68)67(74-66(71)60-56-52-48-44-40-36-32-28-24-20-16-12-8-4)63(73-65(70)59-55-51-47-43-39-35-31-27-23-19-15-11-7-3)61-72-64(69)58-54-50-46-42-38-34-30-26-22-18-14-10-6-2/h63,67H,5-61H2,1-4H3/i62+2. The van der Waals surface area contributed by atoms with Gasteiger partial charge in [-0.1, -0.05) is 336 Å². The van der Waals surface area contributed by atoms with E-state index in [1.54, 1.807) is 0 Å². The molecule has 0 saturated carbocycles. The molecule has 0 radical (unpaired) electrons. The quantitative estimate of drug-likeness (QED) is 0.0340. The Morgan fingerprint density at radius 3 is 0.770 bits per heavy atom. The van der Waals surface area contributed by atoms with Gasteiger partial charge in [0.25, 0.3) is 0 Å². The fraction of sp³-hybridized carbons (Fsp3) is 0.940. The van der Waals surface area contributed by atoms with Crippen molar-refractivity contribution in [3.8, 4) is 0 Å². The molecule has 438 valence electrons. The number of carbonyl (C=O) groups excluding carboxylic acids is 4. The first-order valence-corrected chi connectivity index (χ1v) is 33.5. The molecule has 0 N–H and O–H groups in total. The summed E-state index contributed by atoms with van der Waals surface area (Å²) in [6.07, 6.45) is 61.8. The van der Waals surface area contributed by atoms with Crippen molar-refractivity contribution in [2.24, 2.45) is 0 Å². The normalized spacial score (nSPS) is 12.3. The smallest absolute Gasteiger partial charge is 0.306 e. The van der Waals surface area contributed by atoms with E-state index in [9.17, 15) is 19.2 Å². The minimum Gasteiger partial charge on any atom is -0.462 e. The average molecular weight is 1050 g/mol. The van der Waals surface area contributed by atoms with Gasteiger partial charge < -0.3 is 14.2 Å². The van der Waals surface area contributed by atoms with Crippen molar-refractivity contribution in [1.82, 2.24) is 0 Å². The molecule has 0 saturated heterocycles. The Balaban J connectivity index is 5.39. The molecule has 74 heavy (non-hydrogen) atoms. The maximum Gasteiger partial charge on any atom is 0.306 e. The fourth-order valence-corrected chi connectivity index (χ4v) is 10.5. The molecule has 0 heterocycles. The van der Waals surface area contributed by atoms with Gasteiger partial charge in [0.2, 0.25) is 0 Å². The third kappa shape index (κ3) is 53.5. The molecule has 0 aromatic heterocycles. The van der Waals surface area contributed by atoms with Crippen molar-refractivity contribution < 1.29 is 33.4 Å². The van der Waals surface area contributed by atoms with E-state index in [0.717, 1.165) is 64.2 Å². The van der Waals surface area contributed by atoms with Crippen LogP contribution in [0, 0.1) is 0 Å². The van der Waals surface area contributed by atoms with Crippen LogP contribution in [0.25, 0.3) is 0 Å². The van der Waals surface area contributed by atoms with Gasteiger partial charge in [0.1, 0.15) is 6.61 Å². The van der Waals surface area contributed by atoms with E-state index < -0.39 is 24.1 Å². The maximum atomic E-state index is 14.1. The second-order valence-corrected chi connectivity index (χ2v) is 23.1. The van der Waals surface area contributed by atoms with Gasteiger partial charge in [-0.3, -0.25) is 19.2 Å². The number of hydrogen-bond donors (Lipinski definition) is 0. The molecule has 2 atom stereocenters. The van der Waals surface area contributed by atoms with Crippen LogP contribution in [0.5, 0.6) is 0 Å². The van der Waals surface area contributed by atoms with Crippen molar-refractivity contribution >= 4 is 23.7 Å². The molecule has 0 spiro atoms. The Hall–Kier alpha value is -1.92. The van der Waals surface area contributed by atoms with Crippen LogP contribution in [0.2, 0.25) is 0 Å². The Bertz CT molecular complexity index is 1190. The number of esters is 3. The molecule has 0 bridgehead atoms. The van der Waals surface area contributed by atoms with Crippen LogP contribution in [0.3, 0.4) is 0 Å². The van der Waals surface area contributed by atoms with Crippen molar-refractivity contribution in [3.63, 3.8) is 0 Å². The maximum absolute atomic E-state index is 14.1. The van der Waals surface area contributed by atoms with Crippen LogP contribution < -0.4 is 0 Å². The lowest BCUT2D eigenvalue weighted by molar-refractivity contribution is -0.179. The number of carbonyl (C=O) groups is 4. The van der Waals surface area contributed by atoms with Crippen LogP contribution in [-0.4, -0.2) is 42.5 Å². The van der Waals surface area contributed by atoms with E-state index >= 15 is 0 Å². The first kappa shape index (κ1) is 72.1. The summed E-state index contributed by atoms with van der Waals surface area (Å²) in [5.74, 6) is -1.45. The fourth-order valence-electron chi connectivity index (χ4n) is 10.5.